The minimum absolute atomic E-state index is 0.0106. The van der Waals surface area contributed by atoms with E-state index in [2.05, 4.69) is 17.4 Å². The highest BCUT2D eigenvalue weighted by atomic mass is 16.5. The second-order valence-electron chi connectivity index (χ2n) is 7.96. The van der Waals surface area contributed by atoms with Gasteiger partial charge in [-0.15, -0.1) is 0 Å². The molecule has 5 nitrogen and oxygen atoms in total. The molecule has 1 fully saturated rings. The van der Waals surface area contributed by atoms with E-state index in [-0.39, 0.29) is 23.7 Å². The Morgan fingerprint density at radius 3 is 2.45 bits per heavy atom. The lowest BCUT2D eigenvalue weighted by molar-refractivity contribution is -0.126. The summed E-state index contributed by atoms with van der Waals surface area (Å²) in [6, 6.07) is 15.7. The van der Waals surface area contributed by atoms with Crippen LogP contribution in [0.15, 0.2) is 48.5 Å². The van der Waals surface area contributed by atoms with E-state index >= 15 is 0 Å². The Morgan fingerprint density at radius 2 is 1.66 bits per heavy atom. The number of methoxy groups -OCH3 is 1. The molecule has 2 amide bonds. The smallest absolute Gasteiger partial charge is 0.230 e. The number of carbonyl (C=O) groups excluding carboxylic acids is 2. The van der Waals surface area contributed by atoms with E-state index in [0.717, 1.165) is 50.8 Å². The number of hydrogen-bond acceptors (Lipinski definition) is 3. The third-order valence-electron chi connectivity index (χ3n) is 6.19. The first-order valence-corrected chi connectivity index (χ1v) is 10.5. The molecule has 1 N–H and O–H groups in total. The van der Waals surface area contributed by atoms with Crippen molar-refractivity contribution in [3.63, 3.8) is 0 Å². The molecule has 1 aliphatic heterocycles. The number of carbonyl (C=O) groups is 2. The summed E-state index contributed by atoms with van der Waals surface area (Å²) in [7, 11) is 1.60. The highest BCUT2D eigenvalue weighted by Gasteiger charge is 2.34. The third kappa shape index (κ3) is 4.14. The van der Waals surface area contributed by atoms with Gasteiger partial charge in [-0.2, -0.15) is 0 Å². The van der Waals surface area contributed by atoms with E-state index in [1.807, 2.05) is 41.3 Å². The van der Waals surface area contributed by atoms with E-state index in [1.165, 1.54) is 5.56 Å². The molecule has 5 heteroatoms. The zero-order chi connectivity index (χ0) is 20.2. The van der Waals surface area contributed by atoms with Crippen molar-refractivity contribution in [2.45, 2.75) is 38.5 Å². The molecular weight excluding hydrogens is 364 g/mol. The summed E-state index contributed by atoms with van der Waals surface area (Å²) < 4.78 is 5.31. The van der Waals surface area contributed by atoms with Crippen molar-refractivity contribution >= 4 is 23.2 Å². The average molecular weight is 392 g/mol. The fourth-order valence-corrected chi connectivity index (χ4v) is 4.57. The molecule has 0 bridgehead atoms. The molecule has 29 heavy (non-hydrogen) atoms. The largest absolute Gasteiger partial charge is 0.495 e. The van der Waals surface area contributed by atoms with E-state index in [9.17, 15) is 9.59 Å². The van der Waals surface area contributed by atoms with Gasteiger partial charge in [0.15, 0.2) is 0 Å². The van der Waals surface area contributed by atoms with E-state index in [1.54, 1.807) is 7.11 Å². The van der Waals surface area contributed by atoms with Gasteiger partial charge in [-0.1, -0.05) is 30.3 Å². The van der Waals surface area contributed by atoms with Crippen molar-refractivity contribution in [2.24, 2.45) is 11.8 Å². The first-order chi connectivity index (χ1) is 14.2. The van der Waals surface area contributed by atoms with Crippen molar-refractivity contribution in [1.82, 2.24) is 0 Å². The lowest BCUT2D eigenvalue weighted by atomic mass is 9.80. The molecule has 2 aromatic rings. The van der Waals surface area contributed by atoms with Gasteiger partial charge in [0.05, 0.1) is 12.8 Å². The summed E-state index contributed by atoms with van der Waals surface area (Å²) >= 11 is 0. The van der Waals surface area contributed by atoms with Crippen molar-refractivity contribution in [3.05, 3.63) is 54.1 Å². The fourth-order valence-electron chi connectivity index (χ4n) is 4.57. The highest BCUT2D eigenvalue weighted by Crippen LogP contribution is 2.35. The zero-order valence-electron chi connectivity index (χ0n) is 16.9. The Morgan fingerprint density at radius 1 is 0.966 bits per heavy atom. The van der Waals surface area contributed by atoms with Crippen LogP contribution in [0.5, 0.6) is 5.75 Å². The van der Waals surface area contributed by atoms with Gasteiger partial charge in [-0.3, -0.25) is 9.59 Å². The SMILES string of the molecule is COc1ccccc1NC(=O)C1CCC(C(=O)N2CCCc3ccccc32)CC1. The van der Waals surface area contributed by atoms with Gasteiger partial charge in [0.25, 0.3) is 0 Å². The van der Waals surface area contributed by atoms with Crippen LogP contribution in [0.1, 0.15) is 37.7 Å². The molecule has 0 saturated heterocycles. The summed E-state index contributed by atoms with van der Waals surface area (Å²) in [5.74, 6) is 0.854. The van der Waals surface area contributed by atoms with Crippen molar-refractivity contribution in [3.8, 4) is 5.75 Å². The molecule has 2 aliphatic rings. The number of ether oxygens (including phenoxy) is 1. The number of benzene rings is 2. The lowest BCUT2D eigenvalue weighted by Gasteiger charge is -2.35. The van der Waals surface area contributed by atoms with Crippen molar-refractivity contribution in [1.29, 1.82) is 0 Å². The molecule has 1 saturated carbocycles. The Balaban J connectivity index is 1.36. The van der Waals surface area contributed by atoms with E-state index in [4.69, 9.17) is 4.74 Å². The molecular formula is C24H28N2O3. The van der Waals surface area contributed by atoms with Crippen LogP contribution < -0.4 is 15.0 Å². The quantitative estimate of drug-likeness (QED) is 0.838. The molecule has 0 unspecified atom stereocenters. The summed E-state index contributed by atoms with van der Waals surface area (Å²) in [6.45, 7) is 0.796. The maximum atomic E-state index is 13.2. The Labute approximate surface area is 172 Å². The van der Waals surface area contributed by atoms with Crippen LogP contribution in [-0.2, 0) is 16.0 Å². The predicted octanol–water partition coefficient (Wildman–Crippen LogP) is 4.42. The third-order valence-corrected chi connectivity index (χ3v) is 6.19. The average Bonchev–Trinajstić information content (AvgIpc) is 2.78. The van der Waals surface area contributed by atoms with Crippen molar-refractivity contribution in [2.75, 3.05) is 23.9 Å². The number of fused-ring (bicyclic) bond motifs is 1. The number of nitrogens with one attached hydrogen (secondary N) is 1. The maximum absolute atomic E-state index is 13.2. The second-order valence-corrected chi connectivity index (χ2v) is 7.96. The topological polar surface area (TPSA) is 58.6 Å². The summed E-state index contributed by atoms with van der Waals surface area (Å²) in [6.07, 6.45) is 5.07. The van der Waals surface area contributed by atoms with E-state index < -0.39 is 0 Å². The van der Waals surface area contributed by atoms with E-state index in [0.29, 0.717) is 11.4 Å². The highest BCUT2D eigenvalue weighted by molar-refractivity contribution is 5.97. The summed E-state index contributed by atoms with van der Waals surface area (Å²) in [5.41, 5.74) is 3.03. The molecule has 1 heterocycles. The minimum atomic E-state index is -0.0578. The van der Waals surface area contributed by atoms with Gasteiger partial charge in [-0.05, 0) is 62.3 Å². The fraction of sp³-hybridized carbons (Fsp3) is 0.417. The van der Waals surface area contributed by atoms with Gasteiger partial charge >= 0.3 is 0 Å². The van der Waals surface area contributed by atoms with Gasteiger partial charge in [-0.25, -0.2) is 0 Å². The number of nitrogens with zero attached hydrogens (tertiary/aromatic N) is 1. The van der Waals surface area contributed by atoms with Crippen LogP contribution in [-0.4, -0.2) is 25.5 Å². The van der Waals surface area contributed by atoms with Gasteiger partial charge < -0.3 is 15.0 Å². The standard InChI is InChI=1S/C24H28N2O3/c1-29-22-11-5-3-9-20(22)25-23(27)18-12-14-19(15-13-18)24(28)26-16-6-8-17-7-2-4-10-21(17)26/h2-5,7,9-11,18-19H,6,8,12-16H2,1H3,(H,25,27). The minimum Gasteiger partial charge on any atom is -0.495 e. The number of para-hydroxylation sites is 3. The molecule has 4 rings (SSSR count). The lowest BCUT2D eigenvalue weighted by Crippen LogP contribution is -2.41. The number of amides is 2. The summed E-state index contributed by atoms with van der Waals surface area (Å²) in [5, 5.41) is 2.99. The Hall–Kier alpha value is -2.82. The van der Waals surface area contributed by atoms with Crippen LogP contribution in [0.3, 0.4) is 0 Å². The number of hydrogen-bond donors (Lipinski definition) is 1. The molecule has 1 aliphatic carbocycles. The van der Waals surface area contributed by atoms with Crippen LogP contribution in [0.2, 0.25) is 0 Å². The maximum Gasteiger partial charge on any atom is 0.230 e. The Kier molecular flexibility index (Phi) is 5.84. The molecule has 152 valence electrons. The normalized spacial score (nSPS) is 21.2. The first kappa shape index (κ1) is 19.5. The number of rotatable bonds is 4. The summed E-state index contributed by atoms with van der Waals surface area (Å²) in [4.78, 5) is 27.9. The predicted molar refractivity (Wildman–Crippen MR) is 114 cm³/mol. The second kappa shape index (κ2) is 8.68. The Bertz CT molecular complexity index is 887. The molecule has 0 spiro atoms. The van der Waals surface area contributed by atoms with Crippen molar-refractivity contribution < 1.29 is 14.3 Å². The molecule has 0 atom stereocenters. The first-order valence-electron chi connectivity index (χ1n) is 10.5. The number of anilines is 2. The zero-order valence-corrected chi connectivity index (χ0v) is 16.9. The van der Waals surface area contributed by atoms with Crippen LogP contribution in [0.4, 0.5) is 11.4 Å². The molecule has 2 aromatic carbocycles. The van der Waals surface area contributed by atoms with Gasteiger partial charge in [0.2, 0.25) is 11.8 Å². The van der Waals surface area contributed by atoms with Gasteiger partial charge in [0, 0.05) is 24.1 Å². The van der Waals surface area contributed by atoms with Crippen LogP contribution >= 0.6 is 0 Å². The van der Waals surface area contributed by atoms with Gasteiger partial charge in [0.1, 0.15) is 5.75 Å². The molecule has 0 radical (unpaired) electrons. The number of aryl methyl sites for hydroxylation is 1. The van der Waals surface area contributed by atoms with Crippen LogP contribution in [0.25, 0.3) is 0 Å². The molecule has 0 aromatic heterocycles. The van der Waals surface area contributed by atoms with Crippen LogP contribution in [0, 0.1) is 11.8 Å². The monoisotopic (exact) mass is 392 g/mol.